The van der Waals surface area contributed by atoms with Gasteiger partial charge in [-0.25, -0.2) is 0 Å². The highest BCUT2D eigenvalue weighted by Gasteiger charge is 2.45. The van der Waals surface area contributed by atoms with Crippen molar-refractivity contribution >= 4 is 0 Å². The standard InChI is InChI=1S/C25H24O2/c1-26-22-14-20-21(15-23(22)27-2)25-18-11-7-6-8-16(18)12-13-19(25)24(20)17-9-4-3-5-10-17/h3-11,14-15,19,24-25H,12-13H2,1-2H3/t19-,24+,25-/m0/s1. The average Bonchev–Trinajstić information content (AvgIpc) is 3.06. The molecule has 3 aromatic rings. The zero-order valence-corrected chi connectivity index (χ0v) is 15.8. The van der Waals surface area contributed by atoms with Gasteiger partial charge in [0.25, 0.3) is 0 Å². The van der Waals surface area contributed by atoms with Gasteiger partial charge in [0, 0.05) is 11.8 Å². The SMILES string of the molecule is COc1cc2c(cc1OC)[C@H](c1ccccc1)[C@@H]1CCc3ccccc3[C@H]21. The molecule has 2 nitrogen and oxygen atoms in total. The number of ether oxygens (including phenoxy) is 2. The Kier molecular flexibility index (Phi) is 3.93. The van der Waals surface area contributed by atoms with E-state index in [1.165, 1.54) is 34.2 Å². The normalized spacial score (nSPS) is 22.5. The van der Waals surface area contributed by atoms with Crippen LogP contribution in [0, 0.1) is 5.92 Å². The van der Waals surface area contributed by atoms with E-state index in [1.807, 2.05) is 0 Å². The van der Waals surface area contributed by atoms with Gasteiger partial charge in [0.05, 0.1) is 14.2 Å². The van der Waals surface area contributed by atoms with Crippen molar-refractivity contribution in [3.63, 3.8) is 0 Å². The molecule has 27 heavy (non-hydrogen) atoms. The van der Waals surface area contributed by atoms with Crippen molar-refractivity contribution in [3.8, 4) is 11.5 Å². The zero-order valence-electron chi connectivity index (χ0n) is 15.8. The van der Waals surface area contributed by atoms with Gasteiger partial charge in [0.15, 0.2) is 11.5 Å². The van der Waals surface area contributed by atoms with Crippen molar-refractivity contribution in [2.24, 2.45) is 5.92 Å². The Morgan fingerprint density at radius 1 is 0.704 bits per heavy atom. The maximum atomic E-state index is 5.65. The largest absolute Gasteiger partial charge is 0.493 e. The van der Waals surface area contributed by atoms with Gasteiger partial charge in [-0.2, -0.15) is 0 Å². The molecule has 0 radical (unpaired) electrons. The van der Waals surface area contributed by atoms with Crippen molar-refractivity contribution < 1.29 is 9.47 Å². The first kappa shape index (κ1) is 16.4. The maximum absolute atomic E-state index is 5.65. The van der Waals surface area contributed by atoms with Crippen LogP contribution in [0.25, 0.3) is 0 Å². The number of benzene rings is 3. The van der Waals surface area contributed by atoms with Gasteiger partial charge < -0.3 is 9.47 Å². The molecule has 5 rings (SSSR count). The Labute approximate surface area is 160 Å². The summed E-state index contributed by atoms with van der Waals surface area (Å²) in [5.41, 5.74) is 7.18. The van der Waals surface area contributed by atoms with Crippen molar-refractivity contribution in [3.05, 3.63) is 94.5 Å². The highest BCUT2D eigenvalue weighted by molar-refractivity contribution is 5.59. The van der Waals surface area contributed by atoms with E-state index < -0.39 is 0 Å². The van der Waals surface area contributed by atoms with Crippen molar-refractivity contribution in [1.29, 1.82) is 0 Å². The molecular formula is C25H24O2. The fourth-order valence-corrected chi connectivity index (χ4v) is 5.31. The van der Waals surface area contributed by atoms with E-state index in [0.29, 0.717) is 17.8 Å². The van der Waals surface area contributed by atoms with Gasteiger partial charge in [-0.1, -0.05) is 54.6 Å². The second-order valence-electron chi connectivity index (χ2n) is 7.60. The Morgan fingerprint density at radius 2 is 1.33 bits per heavy atom. The van der Waals surface area contributed by atoms with Crippen LogP contribution in [0.4, 0.5) is 0 Å². The van der Waals surface area contributed by atoms with Crippen LogP contribution in [0.5, 0.6) is 11.5 Å². The summed E-state index contributed by atoms with van der Waals surface area (Å²) in [5.74, 6) is 3.05. The molecule has 3 atom stereocenters. The summed E-state index contributed by atoms with van der Waals surface area (Å²) in [5, 5.41) is 0. The first-order chi connectivity index (χ1) is 13.3. The lowest BCUT2D eigenvalue weighted by molar-refractivity contribution is 0.354. The van der Waals surface area contributed by atoms with Crippen LogP contribution < -0.4 is 9.47 Å². The Balaban J connectivity index is 1.75. The lowest BCUT2D eigenvalue weighted by atomic mass is 9.71. The lowest BCUT2D eigenvalue weighted by Gasteiger charge is -2.32. The van der Waals surface area contributed by atoms with Crippen LogP contribution in [-0.2, 0) is 6.42 Å². The third-order valence-electron chi connectivity index (χ3n) is 6.41. The van der Waals surface area contributed by atoms with Crippen molar-refractivity contribution in [1.82, 2.24) is 0 Å². The molecule has 0 aromatic heterocycles. The van der Waals surface area contributed by atoms with E-state index in [4.69, 9.17) is 9.47 Å². The molecule has 0 saturated heterocycles. The average molecular weight is 356 g/mol. The van der Waals surface area contributed by atoms with Gasteiger partial charge in [0.1, 0.15) is 0 Å². The molecule has 0 saturated carbocycles. The second kappa shape index (κ2) is 6.45. The van der Waals surface area contributed by atoms with E-state index in [-0.39, 0.29) is 0 Å². The molecule has 0 unspecified atom stereocenters. The van der Waals surface area contributed by atoms with E-state index in [1.54, 1.807) is 14.2 Å². The summed E-state index contributed by atoms with van der Waals surface area (Å²) in [7, 11) is 3.44. The molecule has 2 heteroatoms. The molecule has 0 amide bonds. The minimum absolute atomic E-state index is 0.402. The first-order valence-electron chi connectivity index (χ1n) is 9.70. The Morgan fingerprint density at radius 3 is 2.04 bits per heavy atom. The summed E-state index contributed by atoms with van der Waals surface area (Å²) >= 11 is 0. The molecule has 2 aliphatic rings. The number of aryl methyl sites for hydroxylation is 1. The van der Waals surface area contributed by atoms with Gasteiger partial charge in [-0.3, -0.25) is 0 Å². The van der Waals surface area contributed by atoms with Crippen molar-refractivity contribution in [2.75, 3.05) is 14.2 Å². The van der Waals surface area contributed by atoms with Crippen LogP contribution in [-0.4, -0.2) is 14.2 Å². The predicted molar refractivity (Wildman–Crippen MR) is 108 cm³/mol. The molecule has 0 aliphatic heterocycles. The Hall–Kier alpha value is -2.74. The Bertz CT molecular complexity index is 977. The number of hydrogen-bond acceptors (Lipinski definition) is 2. The third-order valence-corrected chi connectivity index (χ3v) is 6.41. The summed E-state index contributed by atoms with van der Waals surface area (Å²) in [6.07, 6.45) is 2.36. The minimum Gasteiger partial charge on any atom is -0.493 e. The number of rotatable bonds is 3. The molecule has 0 fully saturated rings. The van der Waals surface area contributed by atoms with Crippen molar-refractivity contribution in [2.45, 2.75) is 24.7 Å². The van der Waals surface area contributed by atoms with Crippen LogP contribution >= 0.6 is 0 Å². The predicted octanol–water partition coefficient (Wildman–Crippen LogP) is 5.54. The molecule has 136 valence electrons. The van der Waals surface area contributed by atoms with Crippen LogP contribution in [0.2, 0.25) is 0 Å². The van der Waals surface area contributed by atoms with Gasteiger partial charge in [0.2, 0.25) is 0 Å². The summed E-state index contributed by atoms with van der Waals surface area (Å²) in [4.78, 5) is 0. The third kappa shape index (κ3) is 2.47. The molecule has 0 N–H and O–H groups in total. The fraction of sp³-hybridized carbons (Fsp3) is 0.280. The van der Waals surface area contributed by atoms with E-state index in [9.17, 15) is 0 Å². The number of methoxy groups -OCH3 is 2. The minimum atomic E-state index is 0.402. The highest BCUT2D eigenvalue weighted by Crippen LogP contribution is 2.58. The summed E-state index contributed by atoms with van der Waals surface area (Å²) < 4.78 is 11.3. The topological polar surface area (TPSA) is 18.5 Å². The summed E-state index contributed by atoms with van der Waals surface area (Å²) in [6.45, 7) is 0. The summed E-state index contributed by atoms with van der Waals surface area (Å²) in [6, 6.07) is 24.3. The van der Waals surface area contributed by atoms with Crippen LogP contribution in [0.15, 0.2) is 66.7 Å². The maximum Gasteiger partial charge on any atom is 0.161 e. The molecule has 3 aromatic carbocycles. The molecular weight excluding hydrogens is 332 g/mol. The number of fused-ring (bicyclic) bond motifs is 5. The second-order valence-corrected chi connectivity index (χ2v) is 7.60. The van der Waals surface area contributed by atoms with E-state index in [0.717, 1.165) is 17.9 Å². The first-order valence-corrected chi connectivity index (χ1v) is 9.70. The van der Waals surface area contributed by atoms with E-state index >= 15 is 0 Å². The molecule has 0 bridgehead atoms. The molecule has 2 aliphatic carbocycles. The lowest BCUT2D eigenvalue weighted by Crippen LogP contribution is -2.21. The van der Waals surface area contributed by atoms with Crippen LogP contribution in [0.3, 0.4) is 0 Å². The quantitative estimate of drug-likeness (QED) is 0.613. The fourth-order valence-electron chi connectivity index (χ4n) is 5.31. The monoisotopic (exact) mass is 356 g/mol. The smallest absolute Gasteiger partial charge is 0.161 e. The zero-order chi connectivity index (χ0) is 18.4. The van der Waals surface area contributed by atoms with E-state index in [2.05, 4.69) is 66.7 Å². The highest BCUT2D eigenvalue weighted by atomic mass is 16.5. The van der Waals surface area contributed by atoms with Gasteiger partial charge >= 0.3 is 0 Å². The number of hydrogen-bond donors (Lipinski definition) is 0. The van der Waals surface area contributed by atoms with Crippen LogP contribution in [0.1, 0.15) is 46.1 Å². The molecule has 0 heterocycles. The molecule has 0 spiro atoms. The van der Waals surface area contributed by atoms with Gasteiger partial charge in [-0.15, -0.1) is 0 Å². The van der Waals surface area contributed by atoms with Gasteiger partial charge in [-0.05, 0) is 58.7 Å².